The Morgan fingerprint density at radius 2 is 1.82 bits per heavy atom. The van der Waals surface area contributed by atoms with E-state index >= 15 is 0 Å². The van der Waals surface area contributed by atoms with Crippen molar-refractivity contribution in [2.24, 2.45) is 0 Å². The molecule has 1 aliphatic rings. The molecule has 1 aliphatic heterocycles. The minimum Gasteiger partial charge on any atom is -0.322 e. The summed E-state index contributed by atoms with van der Waals surface area (Å²) < 4.78 is 1.32. The molecule has 0 saturated heterocycles. The number of para-hydroxylation sites is 2. The molecule has 8 heteroatoms. The number of anilines is 2. The second-order valence-corrected chi connectivity index (χ2v) is 9.49. The molecule has 2 aromatic heterocycles. The molecule has 0 fully saturated rings. The average molecular weight is 459 g/mol. The van der Waals surface area contributed by atoms with Crippen molar-refractivity contribution in [3.63, 3.8) is 0 Å². The zero-order chi connectivity index (χ0) is 23.3. The highest BCUT2D eigenvalue weighted by atomic mass is 32.1. The van der Waals surface area contributed by atoms with Crippen LogP contribution in [0.15, 0.2) is 65.0 Å². The van der Waals surface area contributed by atoms with Crippen molar-refractivity contribution in [1.29, 1.82) is 0 Å². The van der Waals surface area contributed by atoms with Crippen LogP contribution in [0.3, 0.4) is 0 Å². The number of aryl methyl sites for hydroxylation is 1. The van der Waals surface area contributed by atoms with Crippen LogP contribution in [0.4, 0.5) is 11.4 Å². The molecule has 166 valence electrons. The van der Waals surface area contributed by atoms with Crippen LogP contribution in [-0.2, 0) is 16.1 Å². The lowest BCUT2D eigenvalue weighted by Crippen LogP contribution is -2.59. The molecule has 2 aromatic carbocycles. The first-order chi connectivity index (χ1) is 15.8. The number of nitrogens with zero attached hydrogens (tertiary/aromatic N) is 3. The summed E-state index contributed by atoms with van der Waals surface area (Å²) in [5.74, 6) is -0.646. The van der Waals surface area contributed by atoms with Crippen LogP contribution >= 0.6 is 11.3 Å². The van der Waals surface area contributed by atoms with Crippen molar-refractivity contribution in [3.05, 3.63) is 76.2 Å². The Bertz CT molecular complexity index is 1470. The van der Waals surface area contributed by atoms with Crippen molar-refractivity contribution in [2.75, 3.05) is 10.2 Å². The third-order valence-electron chi connectivity index (χ3n) is 5.99. The SMILES string of the molecule is Cc1ccc(-c2csc3ncn(CC(=O)N4c5ccccc5NC(=O)C4(C)C)c(=O)c23)cc1. The fourth-order valence-electron chi connectivity index (χ4n) is 4.14. The van der Waals surface area contributed by atoms with Crippen LogP contribution in [0.25, 0.3) is 21.3 Å². The summed E-state index contributed by atoms with van der Waals surface area (Å²) in [6.45, 7) is 5.16. The highest BCUT2D eigenvalue weighted by Gasteiger charge is 2.43. The predicted octanol–water partition coefficient (Wildman–Crippen LogP) is 4.20. The maximum absolute atomic E-state index is 13.5. The smallest absolute Gasteiger partial charge is 0.263 e. The highest BCUT2D eigenvalue weighted by Crippen LogP contribution is 2.37. The number of hydrogen-bond acceptors (Lipinski definition) is 5. The van der Waals surface area contributed by atoms with Gasteiger partial charge in [0.05, 0.1) is 23.1 Å². The monoisotopic (exact) mass is 458 g/mol. The van der Waals surface area contributed by atoms with Crippen LogP contribution in [0, 0.1) is 6.92 Å². The largest absolute Gasteiger partial charge is 0.322 e. The Morgan fingerprint density at radius 3 is 2.58 bits per heavy atom. The van der Waals surface area contributed by atoms with Gasteiger partial charge in [0.25, 0.3) is 5.56 Å². The number of carbonyl (C=O) groups excluding carboxylic acids is 2. The number of carbonyl (C=O) groups is 2. The summed E-state index contributed by atoms with van der Waals surface area (Å²) in [5.41, 5.74) is 2.64. The molecule has 0 radical (unpaired) electrons. The molecule has 3 heterocycles. The molecule has 0 atom stereocenters. The van der Waals surface area contributed by atoms with Gasteiger partial charge in [-0.25, -0.2) is 4.98 Å². The highest BCUT2D eigenvalue weighted by molar-refractivity contribution is 7.17. The van der Waals surface area contributed by atoms with Crippen LogP contribution in [-0.4, -0.2) is 26.9 Å². The minimum absolute atomic E-state index is 0.226. The van der Waals surface area contributed by atoms with Gasteiger partial charge >= 0.3 is 0 Å². The third kappa shape index (κ3) is 3.43. The maximum atomic E-state index is 13.5. The number of aromatic nitrogens is 2. The Labute approximate surface area is 194 Å². The summed E-state index contributed by atoms with van der Waals surface area (Å²) in [7, 11) is 0. The summed E-state index contributed by atoms with van der Waals surface area (Å²) in [6, 6.07) is 15.1. The zero-order valence-electron chi connectivity index (χ0n) is 18.5. The second kappa shape index (κ2) is 7.67. The van der Waals surface area contributed by atoms with E-state index in [1.165, 1.54) is 27.1 Å². The number of rotatable bonds is 3. The van der Waals surface area contributed by atoms with E-state index in [1.54, 1.807) is 32.0 Å². The second-order valence-electron chi connectivity index (χ2n) is 8.63. The van der Waals surface area contributed by atoms with Gasteiger partial charge in [-0.3, -0.25) is 23.9 Å². The van der Waals surface area contributed by atoms with Crippen LogP contribution < -0.4 is 15.8 Å². The first kappa shape index (κ1) is 21.1. The lowest BCUT2D eigenvalue weighted by Gasteiger charge is -2.42. The van der Waals surface area contributed by atoms with E-state index in [4.69, 9.17) is 0 Å². The number of thiophene rings is 1. The van der Waals surface area contributed by atoms with Crippen LogP contribution in [0.2, 0.25) is 0 Å². The van der Waals surface area contributed by atoms with Gasteiger partial charge in [-0.05, 0) is 38.5 Å². The number of fused-ring (bicyclic) bond motifs is 2. The maximum Gasteiger partial charge on any atom is 0.263 e. The lowest BCUT2D eigenvalue weighted by molar-refractivity contribution is -0.126. The molecule has 0 saturated carbocycles. The fourth-order valence-corrected chi connectivity index (χ4v) is 5.05. The Hall–Kier alpha value is -3.78. The van der Waals surface area contributed by atoms with E-state index in [0.29, 0.717) is 21.6 Å². The van der Waals surface area contributed by atoms with Crippen LogP contribution in [0.5, 0.6) is 0 Å². The average Bonchev–Trinajstić information content (AvgIpc) is 3.22. The van der Waals surface area contributed by atoms with Gasteiger partial charge < -0.3 is 5.32 Å². The normalized spacial score (nSPS) is 14.8. The summed E-state index contributed by atoms with van der Waals surface area (Å²) >= 11 is 1.40. The molecule has 0 unspecified atom stereocenters. The zero-order valence-corrected chi connectivity index (χ0v) is 19.3. The number of amides is 2. The van der Waals surface area contributed by atoms with E-state index in [0.717, 1.165) is 16.7 Å². The van der Waals surface area contributed by atoms with Gasteiger partial charge in [-0.2, -0.15) is 0 Å². The van der Waals surface area contributed by atoms with E-state index < -0.39 is 5.54 Å². The summed E-state index contributed by atoms with van der Waals surface area (Å²) in [5, 5.41) is 5.26. The van der Waals surface area contributed by atoms with Crippen LogP contribution in [0.1, 0.15) is 19.4 Å². The molecule has 0 aliphatic carbocycles. The van der Waals surface area contributed by atoms with E-state index in [9.17, 15) is 14.4 Å². The topological polar surface area (TPSA) is 84.3 Å². The van der Waals surface area contributed by atoms with E-state index in [2.05, 4.69) is 10.3 Å². The Kier molecular flexibility index (Phi) is 4.90. The predicted molar refractivity (Wildman–Crippen MR) is 131 cm³/mol. The number of nitrogens with one attached hydrogen (secondary N) is 1. The molecule has 0 bridgehead atoms. The van der Waals surface area contributed by atoms with Gasteiger partial charge in [0.2, 0.25) is 11.8 Å². The molecule has 5 rings (SSSR count). The van der Waals surface area contributed by atoms with E-state index in [-0.39, 0.29) is 23.9 Å². The third-order valence-corrected chi connectivity index (χ3v) is 6.87. The first-order valence-electron chi connectivity index (χ1n) is 10.5. The number of benzene rings is 2. The van der Waals surface area contributed by atoms with Gasteiger partial charge in [0.1, 0.15) is 16.9 Å². The Morgan fingerprint density at radius 1 is 1.09 bits per heavy atom. The minimum atomic E-state index is -1.11. The summed E-state index contributed by atoms with van der Waals surface area (Å²) in [4.78, 5) is 46.1. The van der Waals surface area contributed by atoms with Gasteiger partial charge in [0.15, 0.2) is 0 Å². The molecule has 4 aromatic rings. The Balaban J connectivity index is 1.56. The van der Waals surface area contributed by atoms with Crippen molar-refractivity contribution in [2.45, 2.75) is 32.9 Å². The number of hydrogen-bond donors (Lipinski definition) is 1. The summed E-state index contributed by atoms with van der Waals surface area (Å²) in [6.07, 6.45) is 1.40. The molecular formula is C25H22N4O3S. The lowest BCUT2D eigenvalue weighted by atomic mass is 9.96. The molecule has 33 heavy (non-hydrogen) atoms. The quantitative estimate of drug-likeness (QED) is 0.499. The molecule has 2 amide bonds. The van der Waals surface area contributed by atoms with Crippen molar-refractivity contribution in [3.8, 4) is 11.1 Å². The molecule has 0 spiro atoms. The molecular weight excluding hydrogens is 436 g/mol. The van der Waals surface area contributed by atoms with Crippen molar-refractivity contribution in [1.82, 2.24) is 9.55 Å². The van der Waals surface area contributed by atoms with Gasteiger partial charge in [-0.15, -0.1) is 11.3 Å². The molecule has 1 N–H and O–H groups in total. The van der Waals surface area contributed by atoms with Gasteiger partial charge in [0, 0.05) is 10.9 Å². The van der Waals surface area contributed by atoms with Gasteiger partial charge in [-0.1, -0.05) is 42.0 Å². The fraction of sp³-hybridized carbons (Fsp3) is 0.200. The van der Waals surface area contributed by atoms with Crippen molar-refractivity contribution >= 4 is 44.7 Å². The van der Waals surface area contributed by atoms with E-state index in [1.807, 2.05) is 42.6 Å². The standard InChI is InChI=1S/C25H22N4O3S/c1-15-8-10-16(11-9-15)17-13-33-22-21(17)23(31)28(14-26-22)12-20(30)29-19-7-5-4-6-18(19)27-24(32)25(29,2)3/h4-11,13-14H,12H2,1-3H3,(H,27,32). The first-order valence-corrected chi connectivity index (χ1v) is 11.4. The van der Waals surface area contributed by atoms with Crippen molar-refractivity contribution < 1.29 is 9.59 Å². The molecule has 7 nitrogen and oxygen atoms in total.